The largest absolute Gasteiger partial charge is 0.360 e. The van der Waals surface area contributed by atoms with Gasteiger partial charge < -0.3 is 9.84 Å². The molecule has 10 heteroatoms. The van der Waals surface area contributed by atoms with Gasteiger partial charge in [-0.25, -0.2) is 8.42 Å². The minimum Gasteiger partial charge on any atom is -0.360 e. The van der Waals surface area contributed by atoms with E-state index in [1.165, 1.54) is 9.87 Å². The molecular formula is C24H31N5O4S. The lowest BCUT2D eigenvalue weighted by molar-refractivity contribution is -0.126. The summed E-state index contributed by atoms with van der Waals surface area (Å²) in [7, 11) is -3.68. The molecule has 0 unspecified atom stereocenters. The predicted octanol–water partition coefficient (Wildman–Crippen LogP) is 2.87. The van der Waals surface area contributed by atoms with E-state index in [1.54, 1.807) is 13.8 Å². The highest BCUT2D eigenvalue weighted by molar-refractivity contribution is 7.89. The molecular weight excluding hydrogens is 454 g/mol. The molecule has 1 saturated heterocycles. The van der Waals surface area contributed by atoms with Crippen molar-refractivity contribution in [1.29, 1.82) is 0 Å². The Kier molecular flexibility index (Phi) is 6.90. The molecule has 3 aromatic rings. The lowest BCUT2D eigenvalue weighted by atomic mass is 9.97. The fourth-order valence-corrected chi connectivity index (χ4v) is 6.31. The molecule has 182 valence electrons. The van der Waals surface area contributed by atoms with Crippen molar-refractivity contribution in [3.8, 4) is 0 Å². The van der Waals surface area contributed by atoms with E-state index in [4.69, 9.17) is 4.52 Å². The number of carbonyl (C=O) groups is 1. The number of amides is 1. The molecule has 1 N–H and O–H groups in total. The van der Waals surface area contributed by atoms with Crippen LogP contribution < -0.4 is 5.32 Å². The first-order chi connectivity index (χ1) is 16.2. The molecule has 0 atom stereocenters. The van der Waals surface area contributed by atoms with Crippen molar-refractivity contribution in [2.24, 2.45) is 5.92 Å². The Bertz CT molecular complexity index is 1250. The molecule has 0 bridgehead atoms. The van der Waals surface area contributed by atoms with Crippen molar-refractivity contribution in [1.82, 2.24) is 24.6 Å². The number of piperidine rings is 1. The van der Waals surface area contributed by atoms with Gasteiger partial charge in [0.25, 0.3) is 0 Å². The second-order valence-electron chi connectivity index (χ2n) is 8.84. The highest BCUT2D eigenvalue weighted by Crippen LogP contribution is 2.28. The first-order valence-corrected chi connectivity index (χ1v) is 12.9. The van der Waals surface area contributed by atoms with Gasteiger partial charge in [0.15, 0.2) is 5.76 Å². The van der Waals surface area contributed by atoms with E-state index < -0.39 is 10.0 Å². The van der Waals surface area contributed by atoms with E-state index in [9.17, 15) is 13.2 Å². The number of nitrogens with zero attached hydrogens (tertiary/aromatic N) is 4. The van der Waals surface area contributed by atoms with Gasteiger partial charge in [0.05, 0.1) is 12.2 Å². The summed E-state index contributed by atoms with van der Waals surface area (Å²) in [6.07, 6.45) is 0.944. The minimum atomic E-state index is -3.68. The highest BCUT2D eigenvalue weighted by atomic mass is 32.2. The summed E-state index contributed by atoms with van der Waals surface area (Å²) in [5.41, 5.74) is 4.47. The Morgan fingerprint density at radius 3 is 2.38 bits per heavy atom. The number of rotatable bonds is 7. The SMILES string of the molecule is Cc1nn(Cc2ccccc2)c(C)c1CNC(=O)C1CCN(S(=O)(=O)c2c(C)noc2C)CC1. The van der Waals surface area contributed by atoms with Gasteiger partial charge in [0.2, 0.25) is 15.9 Å². The van der Waals surface area contributed by atoms with Crippen LogP contribution in [0.2, 0.25) is 0 Å². The number of aryl methyl sites for hydroxylation is 3. The zero-order chi connectivity index (χ0) is 24.5. The van der Waals surface area contributed by atoms with Gasteiger partial charge in [-0.1, -0.05) is 35.5 Å². The fourth-order valence-electron chi connectivity index (χ4n) is 4.55. The van der Waals surface area contributed by atoms with E-state index in [0.717, 1.165) is 17.0 Å². The van der Waals surface area contributed by atoms with Gasteiger partial charge >= 0.3 is 0 Å². The van der Waals surface area contributed by atoms with Crippen LogP contribution in [0.25, 0.3) is 0 Å². The maximum Gasteiger partial charge on any atom is 0.248 e. The third kappa shape index (κ3) is 4.78. The summed E-state index contributed by atoms with van der Waals surface area (Å²) in [4.78, 5) is 13.0. The van der Waals surface area contributed by atoms with Crippen LogP contribution in [0.4, 0.5) is 0 Å². The summed E-state index contributed by atoms with van der Waals surface area (Å²) in [5, 5.41) is 11.5. The zero-order valence-corrected chi connectivity index (χ0v) is 20.9. The molecule has 9 nitrogen and oxygen atoms in total. The Morgan fingerprint density at radius 2 is 1.76 bits per heavy atom. The molecule has 4 rings (SSSR count). The maximum atomic E-state index is 13.0. The summed E-state index contributed by atoms with van der Waals surface area (Å²) in [6.45, 7) is 8.85. The number of carbonyl (C=O) groups excluding carboxylic acids is 1. The normalized spacial score (nSPS) is 15.5. The summed E-state index contributed by atoms with van der Waals surface area (Å²) in [5.74, 6) is 0.0102. The molecule has 1 aliphatic heterocycles. The van der Waals surface area contributed by atoms with E-state index in [-0.39, 0.29) is 35.6 Å². The van der Waals surface area contributed by atoms with Crippen molar-refractivity contribution in [3.63, 3.8) is 0 Å². The Hall–Kier alpha value is -2.98. The van der Waals surface area contributed by atoms with E-state index >= 15 is 0 Å². The van der Waals surface area contributed by atoms with Crippen molar-refractivity contribution in [2.75, 3.05) is 13.1 Å². The molecule has 0 radical (unpaired) electrons. The van der Waals surface area contributed by atoms with Gasteiger partial charge in [0, 0.05) is 36.8 Å². The van der Waals surface area contributed by atoms with Crippen LogP contribution in [-0.4, -0.2) is 46.7 Å². The van der Waals surface area contributed by atoms with Gasteiger partial charge in [-0.05, 0) is 46.1 Å². The molecule has 34 heavy (non-hydrogen) atoms. The standard InChI is InChI=1S/C24H31N5O4S/c1-16-22(18(3)29(26-16)15-20-8-6-5-7-9-20)14-25-24(30)21-10-12-28(13-11-21)34(31,32)23-17(2)27-33-19(23)4/h5-9,21H,10-15H2,1-4H3,(H,25,30). The third-order valence-electron chi connectivity index (χ3n) is 6.54. The van der Waals surface area contributed by atoms with Crippen molar-refractivity contribution < 1.29 is 17.7 Å². The first kappa shape index (κ1) is 24.2. The van der Waals surface area contributed by atoms with E-state index in [0.29, 0.717) is 31.6 Å². The first-order valence-electron chi connectivity index (χ1n) is 11.5. The van der Waals surface area contributed by atoms with Crippen LogP contribution in [0.5, 0.6) is 0 Å². The second-order valence-corrected chi connectivity index (χ2v) is 10.7. The Balaban J connectivity index is 1.34. The van der Waals surface area contributed by atoms with Crippen LogP contribution in [0.3, 0.4) is 0 Å². The summed E-state index contributed by atoms with van der Waals surface area (Å²) < 4.78 is 34.4. The molecule has 1 aliphatic rings. The minimum absolute atomic E-state index is 0.0519. The van der Waals surface area contributed by atoms with Gasteiger partial charge in [-0.3, -0.25) is 9.48 Å². The monoisotopic (exact) mass is 485 g/mol. The highest BCUT2D eigenvalue weighted by Gasteiger charge is 2.35. The number of benzene rings is 1. The van der Waals surface area contributed by atoms with Crippen molar-refractivity contribution in [3.05, 3.63) is 64.3 Å². The number of nitrogens with one attached hydrogen (secondary N) is 1. The predicted molar refractivity (Wildman–Crippen MR) is 127 cm³/mol. The van der Waals surface area contributed by atoms with Crippen molar-refractivity contribution in [2.45, 2.75) is 58.5 Å². The Labute approximate surface area is 200 Å². The van der Waals surface area contributed by atoms with Crippen LogP contribution >= 0.6 is 0 Å². The Morgan fingerprint density at radius 1 is 1.09 bits per heavy atom. The molecule has 1 amide bonds. The van der Waals surface area contributed by atoms with Gasteiger partial charge in [0.1, 0.15) is 10.6 Å². The molecule has 1 fully saturated rings. The lowest BCUT2D eigenvalue weighted by Gasteiger charge is -2.30. The average molecular weight is 486 g/mol. The third-order valence-corrected chi connectivity index (χ3v) is 8.68. The molecule has 0 spiro atoms. The average Bonchev–Trinajstić information content (AvgIpc) is 3.30. The molecule has 2 aromatic heterocycles. The number of hydrogen-bond donors (Lipinski definition) is 1. The summed E-state index contributed by atoms with van der Waals surface area (Å²) >= 11 is 0. The van der Waals surface area contributed by atoms with Crippen LogP contribution in [-0.2, 0) is 27.9 Å². The van der Waals surface area contributed by atoms with Crippen LogP contribution in [0.15, 0.2) is 39.8 Å². The maximum absolute atomic E-state index is 13.0. The lowest BCUT2D eigenvalue weighted by Crippen LogP contribution is -2.43. The topological polar surface area (TPSA) is 110 Å². The zero-order valence-electron chi connectivity index (χ0n) is 20.0. The van der Waals surface area contributed by atoms with Crippen LogP contribution in [0.1, 0.15) is 46.8 Å². The van der Waals surface area contributed by atoms with Crippen LogP contribution in [0, 0.1) is 33.6 Å². The van der Waals surface area contributed by atoms with E-state index in [2.05, 4.69) is 27.7 Å². The smallest absolute Gasteiger partial charge is 0.248 e. The van der Waals surface area contributed by atoms with Gasteiger partial charge in [-0.15, -0.1) is 0 Å². The molecule has 0 saturated carbocycles. The van der Waals surface area contributed by atoms with E-state index in [1.807, 2.05) is 36.7 Å². The quantitative estimate of drug-likeness (QED) is 0.551. The summed E-state index contributed by atoms with van der Waals surface area (Å²) in [6, 6.07) is 10.1. The fraction of sp³-hybridized carbons (Fsp3) is 0.458. The molecule has 1 aromatic carbocycles. The number of hydrogen-bond acceptors (Lipinski definition) is 6. The van der Waals surface area contributed by atoms with Crippen molar-refractivity contribution >= 4 is 15.9 Å². The second kappa shape index (κ2) is 9.71. The van der Waals surface area contributed by atoms with Gasteiger partial charge in [-0.2, -0.15) is 9.40 Å². The number of aromatic nitrogens is 3. The molecule has 3 heterocycles. The molecule has 0 aliphatic carbocycles. The number of sulfonamides is 1.